The Morgan fingerprint density at radius 1 is 1.13 bits per heavy atom. The van der Waals surface area contributed by atoms with Gasteiger partial charge in [-0.1, -0.05) is 30.9 Å². The van der Waals surface area contributed by atoms with Crippen LogP contribution in [0, 0.1) is 5.82 Å². The second-order valence-corrected chi connectivity index (χ2v) is 9.40. The average Bonchev–Trinajstić information content (AvgIpc) is 2.71. The van der Waals surface area contributed by atoms with Crippen LogP contribution in [-0.2, 0) is 14.8 Å². The smallest absolute Gasteiger partial charge is 0.261 e. The number of hydrogen-bond acceptors (Lipinski definition) is 4. The first-order valence-corrected chi connectivity index (χ1v) is 11.7. The highest BCUT2D eigenvalue weighted by atomic mass is 35.5. The fourth-order valence-electron chi connectivity index (χ4n) is 3.29. The van der Waals surface area contributed by atoms with Crippen LogP contribution in [0.1, 0.15) is 39.0 Å². The average molecular weight is 455 g/mol. The maximum absolute atomic E-state index is 13.2. The largest absolute Gasteiger partial charge is 0.481 e. The van der Waals surface area contributed by atoms with E-state index < -0.39 is 21.9 Å². The highest BCUT2D eigenvalue weighted by molar-refractivity contribution is 7.92. The monoisotopic (exact) mass is 454 g/mol. The van der Waals surface area contributed by atoms with E-state index >= 15 is 0 Å². The molecule has 162 valence electrons. The van der Waals surface area contributed by atoms with Gasteiger partial charge in [-0.05, 0) is 62.2 Å². The lowest BCUT2D eigenvalue weighted by atomic mass is 9.95. The minimum Gasteiger partial charge on any atom is -0.481 e. The lowest BCUT2D eigenvalue weighted by Crippen LogP contribution is -2.43. The summed E-state index contributed by atoms with van der Waals surface area (Å²) in [5.41, 5.74) is 0.148. The maximum Gasteiger partial charge on any atom is 0.261 e. The lowest BCUT2D eigenvalue weighted by Gasteiger charge is -2.24. The summed E-state index contributed by atoms with van der Waals surface area (Å²) < 4.78 is 46.2. The summed E-state index contributed by atoms with van der Waals surface area (Å²) in [5.74, 6) is -0.443. The highest BCUT2D eigenvalue weighted by Crippen LogP contribution is 2.24. The third-order valence-electron chi connectivity index (χ3n) is 4.94. The van der Waals surface area contributed by atoms with Crippen LogP contribution in [0.3, 0.4) is 0 Å². The molecule has 30 heavy (non-hydrogen) atoms. The van der Waals surface area contributed by atoms with E-state index in [-0.39, 0.29) is 27.6 Å². The molecule has 0 bridgehead atoms. The first-order valence-electron chi connectivity index (χ1n) is 9.79. The minimum atomic E-state index is -3.89. The van der Waals surface area contributed by atoms with Crippen molar-refractivity contribution in [3.63, 3.8) is 0 Å². The van der Waals surface area contributed by atoms with Gasteiger partial charge in [0.25, 0.3) is 15.9 Å². The molecule has 1 aliphatic carbocycles. The Morgan fingerprint density at radius 3 is 2.43 bits per heavy atom. The summed E-state index contributed by atoms with van der Waals surface area (Å²) in [5, 5.41) is 2.82. The van der Waals surface area contributed by atoms with Crippen molar-refractivity contribution in [2.75, 3.05) is 4.72 Å². The number of nitrogens with one attached hydrogen (secondary N) is 2. The molecule has 0 radical (unpaired) electrons. The fraction of sp³-hybridized carbons (Fsp3) is 0.381. The molecule has 3 rings (SSSR count). The molecule has 9 heteroatoms. The van der Waals surface area contributed by atoms with E-state index in [1.165, 1.54) is 42.8 Å². The highest BCUT2D eigenvalue weighted by Gasteiger charge is 2.21. The van der Waals surface area contributed by atoms with Gasteiger partial charge in [-0.3, -0.25) is 9.52 Å². The van der Waals surface area contributed by atoms with Gasteiger partial charge in [0.15, 0.2) is 6.10 Å². The molecule has 6 nitrogen and oxygen atoms in total. The van der Waals surface area contributed by atoms with E-state index in [1.807, 2.05) is 0 Å². The SMILES string of the molecule is C[C@H](Oc1ccc(S(=O)(=O)Nc2ccc(F)c(Cl)c2)cc1)C(=O)NC1CCCCC1. The Kier molecular flexibility index (Phi) is 7.20. The first kappa shape index (κ1) is 22.4. The number of amides is 1. The molecule has 0 aromatic heterocycles. The predicted molar refractivity (Wildman–Crippen MR) is 114 cm³/mol. The van der Waals surface area contributed by atoms with E-state index in [2.05, 4.69) is 10.0 Å². The van der Waals surface area contributed by atoms with Crippen molar-refractivity contribution in [1.29, 1.82) is 0 Å². The normalized spacial score (nSPS) is 16.0. The van der Waals surface area contributed by atoms with Crippen LogP contribution in [0.25, 0.3) is 0 Å². The van der Waals surface area contributed by atoms with Gasteiger partial charge in [-0.15, -0.1) is 0 Å². The molecule has 0 spiro atoms. The molecule has 1 saturated carbocycles. The van der Waals surface area contributed by atoms with Gasteiger partial charge in [0.1, 0.15) is 11.6 Å². The van der Waals surface area contributed by atoms with Crippen molar-refractivity contribution in [3.05, 3.63) is 53.3 Å². The van der Waals surface area contributed by atoms with Gasteiger partial charge in [-0.2, -0.15) is 0 Å². The van der Waals surface area contributed by atoms with Crippen LogP contribution in [0.5, 0.6) is 5.75 Å². The van der Waals surface area contributed by atoms with Crippen LogP contribution in [0.15, 0.2) is 47.4 Å². The van der Waals surface area contributed by atoms with Crippen molar-refractivity contribution in [2.24, 2.45) is 0 Å². The first-order chi connectivity index (χ1) is 14.2. The Morgan fingerprint density at radius 2 is 1.80 bits per heavy atom. The number of rotatable bonds is 7. The van der Waals surface area contributed by atoms with E-state index in [1.54, 1.807) is 6.92 Å². The third-order valence-corrected chi connectivity index (χ3v) is 6.63. The molecule has 2 N–H and O–H groups in total. The van der Waals surface area contributed by atoms with Gasteiger partial charge in [-0.25, -0.2) is 12.8 Å². The Bertz CT molecular complexity index is 993. The maximum atomic E-state index is 13.2. The summed E-state index contributed by atoms with van der Waals surface area (Å²) in [6.45, 7) is 1.66. The zero-order chi connectivity index (χ0) is 21.7. The van der Waals surface area contributed by atoms with Crippen molar-refractivity contribution >= 4 is 33.2 Å². The van der Waals surface area contributed by atoms with Gasteiger partial charge in [0, 0.05) is 6.04 Å². The third kappa shape index (κ3) is 5.86. The minimum absolute atomic E-state index is 0.00499. The Labute approximate surface area is 180 Å². The summed E-state index contributed by atoms with van der Waals surface area (Å²) in [6, 6.07) is 9.45. The molecule has 2 aromatic carbocycles. The van der Waals surface area contributed by atoms with Crippen LogP contribution < -0.4 is 14.8 Å². The fourth-order valence-corrected chi connectivity index (χ4v) is 4.52. The zero-order valence-electron chi connectivity index (χ0n) is 16.5. The van der Waals surface area contributed by atoms with E-state index in [4.69, 9.17) is 16.3 Å². The molecular formula is C21H24ClFN2O4S. The number of hydrogen-bond donors (Lipinski definition) is 2. The standard InChI is InChI=1S/C21H24ClFN2O4S/c1-14(21(26)24-15-5-3-2-4-6-15)29-17-8-10-18(11-9-17)30(27,28)25-16-7-12-20(23)19(22)13-16/h7-15,25H,2-6H2,1H3,(H,24,26)/t14-/m0/s1. The molecule has 2 aromatic rings. The molecule has 1 atom stereocenters. The summed E-state index contributed by atoms with van der Waals surface area (Å²) >= 11 is 5.69. The number of benzene rings is 2. The summed E-state index contributed by atoms with van der Waals surface area (Å²) in [6.07, 6.45) is 4.71. The number of carbonyl (C=O) groups is 1. The molecule has 0 heterocycles. The molecule has 1 amide bonds. The van der Waals surface area contributed by atoms with Crippen molar-refractivity contribution in [2.45, 2.75) is 56.1 Å². The van der Waals surface area contributed by atoms with Crippen LogP contribution in [0.4, 0.5) is 10.1 Å². The van der Waals surface area contributed by atoms with Gasteiger partial charge < -0.3 is 10.1 Å². The molecule has 1 fully saturated rings. The van der Waals surface area contributed by atoms with E-state index in [9.17, 15) is 17.6 Å². The summed E-state index contributed by atoms with van der Waals surface area (Å²) in [4.78, 5) is 12.3. The molecule has 0 aliphatic heterocycles. The molecule has 1 aliphatic rings. The second kappa shape index (κ2) is 9.66. The van der Waals surface area contributed by atoms with Crippen molar-refractivity contribution in [3.8, 4) is 5.75 Å². The quantitative estimate of drug-likeness (QED) is 0.645. The number of anilines is 1. The number of ether oxygens (including phenoxy) is 1. The summed E-state index contributed by atoms with van der Waals surface area (Å²) in [7, 11) is -3.89. The van der Waals surface area contributed by atoms with E-state index in [0.717, 1.165) is 31.7 Å². The Hall–Kier alpha value is -2.32. The van der Waals surface area contributed by atoms with Crippen LogP contribution in [0.2, 0.25) is 5.02 Å². The zero-order valence-corrected chi connectivity index (χ0v) is 18.1. The lowest BCUT2D eigenvalue weighted by molar-refractivity contribution is -0.128. The molecular weight excluding hydrogens is 431 g/mol. The van der Waals surface area contributed by atoms with Gasteiger partial charge in [0.05, 0.1) is 15.6 Å². The molecule has 0 unspecified atom stereocenters. The number of carbonyl (C=O) groups excluding carboxylic acids is 1. The van der Waals surface area contributed by atoms with E-state index in [0.29, 0.717) is 5.75 Å². The Balaban J connectivity index is 1.60. The predicted octanol–water partition coefficient (Wildman–Crippen LogP) is 4.50. The number of halogens is 2. The topological polar surface area (TPSA) is 84.5 Å². The van der Waals surface area contributed by atoms with Crippen molar-refractivity contribution in [1.82, 2.24) is 5.32 Å². The van der Waals surface area contributed by atoms with Crippen LogP contribution >= 0.6 is 11.6 Å². The van der Waals surface area contributed by atoms with Gasteiger partial charge in [0.2, 0.25) is 0 Å². The molecule has 0 saturated heterocycles. The van der Waals surface area contributed by atoms with Crippen LogP contribution in [-0.4, -0.2) is 26.5 Å². The van der Waals surface area contributed by atoms with Gasteiger partial charge >= 0.3 is 0 Å². The number of sulfonamides is 1. The van der Waals surface area contributed by atoms with Crippen molar-refractivity contribution < 1.29 is 22.3 Å². The second-order valence-electron chi connectivity index (χ2n) is 7.31.